The largest absolute Gasteiger partial charge is 0.314 e. The molecule has 1 aliphatic heterocycles. The van der Waals surface area contributed by atoms with Crippen molar-refractivity contribution >= 4 is 0 Å². The molecule has 2 saturated carbocycles. The number of piperazine rings is 1. The van der Waals surface area contributed by atoms with Gasteiger partial charge in [-0.25, -0.2) is 0 Å². The van der Waals surface area contributed by atoms with Gasteiger partial charge in [-0.2, -0.15) is 0 Å². The van der Waals surface area contributed by atoms with Crippen molar-refractivity contribution in [3.63, 3.8) is 0 Å². The van der Waals surface area contributed by atoms with Gasteiger partial charge in [-0.05, 0) is 30.6 Å². The van der Waals surface area contributed by atoms with E-state index in [4.69, 9.17) is 0 Å². The summed E-state index contributed by atoms with van der Waals surface area (Å²) in [6.45, 7) is 6.41. The van der Waals surface area contributed by atoms with Crippen LogP contribution < -0.4 is 5.32 Å². The molecular formula is C11H20N2. The Bertz CT molecular complexity index is 177. The highest BCUT2D eigenvalue weighted by molar-refractivity contribution is 5.02. The van der Waals surface area contributed by atoms with E-state index in [-0.39, 0.29) is 0 Å². The third-order valence-electron chi connectivity index (χ3n) is 4.26. The van der Waals surface area contributed by atoms with E-state index in [1.54, 1.807) is 12.8 Å². The maximum atomic E-state index is 3.42. The molecule has 2 heteroatoms. The summed E-state index contributed by atoms with van der Waals surface area (Å²) in [5.41, 5.74) is 0. The lowest BCUT2D eigenvalue weighted by Crippen LogP contribution is -2.44. The Hall–Kier alpha value is -0.0800. The third kappa shape index (κ3) is 1.50. The average Bonchev–Trinajstić information content (AvgIpc) is 2.65. The molecule has 2 aliphatic carbocycles. The van der Waals surface area contributed by atoms with Gasteiger partial charge in [0.05, 0.1) is 0 Å². The predicted molar refractivity (Wildman–Crippen MR) is 53.6 cm³/mol. The highest BCUT2D eigenvalue weighted by Gasteiger charge is 2.52. The average molecular weight is 180 g/mol. The Balaban J connectivity index is 1.47. The lowest BCUT2D eigenvalue weighted by atomic mass is 10.1. The van der Waals surface area contributed by atoms with Gasteiger partial charge in [0.2, 0.25) is 0 Å². The third-order valence-corrected chi connectivity index (χ3v) is 4.26. The molecule has 1 saturated heterocycles. The number of rotatable bonds is 2. The van der Waals surface area contributed by atoms with E-state index in [2.05, 4.69) is 10.2 Å². The van der Waals surface area contributed by atoms with Crippen LogP contribution in [0.2, 0.25) is 0 Å². The molecule has 13 heavy (non-hydrogen) atoms. The molecule has 2 nitrogen and oxygen atoms in total. The van der Waals surface area contributed by atoms with Crippen LogP contribution in [0.3, 0.4) is 0 Å². The summed E-state index contributed by atoms with van der Waals surface area (Å²) in [7, 11) is 0. The Morgan fingerprint density at radius 3 is 2.46 bits per heavy atom. The Morgan fingerprint density at radius 2 is 1.77 bits per heavy atom. The minimum Gasteiger partial charge on any atom is -0.314 e. The second kappa shape index (κ2) is 3.25. The molecule has 0 aromatic rings. The Labute approximate surface area is 80.7 Å². The molecule has 0 spiro atoms. The Kier molecular flexibility index (Phi) is 2.06. The standard InChI is InChI=1S/C11H20N2/c1-2-9-10(3-1)11(9)8-13-6-4-12-5-7-13/h9-12H,1-8H2. The lowest BCUT2D eigenvalue weighted by Gasteiger charge is -2.27. The maximum absolute atomic E-state index is 3.42. The van der Waals surface area contributed by atoms with E-state index >= 15 is 0 Å². The van der Waals surface area contributed by atoms with Crippen LogP contribution in [0.5, 0.6) is 0 Å². The van der Waals surface area contributed by atoms with Gasteiger partial charge in [-0.15, -0.1) is 0 Å². The predicted octanol–water partition coefficient (Wildman–Crippen LogP) is 0.938. The summed E-state index contributed by atoms with van der Waals surface area (Å²) in [6, 6.07) is 0. The second-order valence-corrected chi connectivity index (χ2v) is 4.97. The summed E-state index contributed by atoms with van der Waals surface area (Å²) in [4.78, 5) is 2.67. The van der Waals surface area contributed by atoms with E-state index < -0.39 is 0 Å². The van der Waals surface area contributed by atoms with Crippen LogP contribution in [0, 0.1) is 17.8 Å². The molecule has 1 N–H and O–H groups in total. The van der Waals surface area contributed by atoms with Crippen molar-refractivity contribution < 1.29 is 0 Å². The van der Waals surface area contributed by atoms with Crippen LogP contribution in [0.4, 0.5) is 0 Å². The first-order chi connectivity index (χ1) is 6.45. The van der Waals surface area contributed by atoms with Crippen LogP contribution in [-0.2, 0) is 0 Å². The minimum absolute atomic E-state index is 1.10. The first-order valence-corrected chi connectivity index (χ1v) is 5.88. The molecule has 0 bridgehead atoms. The van der Waals surface area contributed by atoms with Gasteiger partial charge in [-0.1, -0.05) is 6.42 Å². The zero-order valence-electron chi connectivity index (χ0n) is 8.34. The zero-order valence-corrected chi connectivity index (χ0v) is 8.34. The number of hydrogen-bond donors (Lipinski definition) is 1. The molecular weight excluding hydrogens is 160 g/mol. The van der Waals surface area contributed by atoms with E-state index in [9.17, 15) is 0 Å². The van der Waals surface area contributed by atoms with E-state index in [1.807, 2.05) is 0 Å². The van der Waals surface area contributed by atoms with Gasteiger partial charge in [0.25, 0.3) is 0 Å². The molecule has 3 fully saturated rings. The van der Waals surface area contributed by atoms with Gasteiger partial charge in [0.15, 0.2) is 0 Å². The fourth-order valence-corrected chi connectivity index (χ4v) is 3.43. The molecule has 2 atom stereocenters. The number of nitrogens with zero attached hydrogens (tertiary/aromatic N) is 1. The molecule has 0 amide bonds. The van der Waals surface area contributed by atoms with Crippen molar-refractivity contribution in [3.05, 3.63) is 0 Å². The molecule has 0 aromatic carbocycles. The minimum atomic E-state index is 1.10. The normalized spacial score (nSPS) is 44.8. The zero-order chi connectivity index (χ0) is 8.67. The highest BCUT2D eigenvalue weighted by Crippen LogP contribution is 2.57. The van der Waals surface area contributed by atoms with Crippen molar-refractivity contribution in [2.24, 2.45) is 17.8 Å². The van der Waals surface area contributed by atoms with Crippen molar-refractivity contribution in [2.75, 3.05) is 32.7 Å². The number of nitrogens with one attached hydrogen (secondary N) is 1. The summed E-state index contributed by atoms with van der Waals surface area (Å²) in [6.07, 6.45) is 4.61. The summed E-state index contributed by atoms with van der Waals surface area (Å²) < 4.78 is 0. The first-order valence-electron chi connectivity index (χ1n) is 5.88. The van der Waals surface area contributed by atoms with Crippen LogP contribution in [-0.4, -0.2) is 37.6 Å². The van der Waals surface area contributed by atoms with E-state index in [1.165, 1.54) is 39.1 Å². The molecule has 74 valence electrons. The summed E-state index contributed by atoms with van der Waals surface area (Å²) in [5, 5.41) is 3.42. The van der Waals surface area contributed by atoms with Crippen molar-refractivity contribution in [1.29, 1.82) is 0 Å². The van der Waals surface area contributed by atoms with Gasteiger partial charge in [0, 0.05) is 32.7 Å². The first kappa shape index (κ1) is 8.25. The van der Waals surface area contributed by atoms with Crippen LogP contribution >= 0.6 is 0 Å². The number of fused-ring (bicyclic) bond motifs is 1. The molecule has 3 aliphatic rings. The monoisotopic (exact) mass is 180 g/mol. The molecule has 0 aromatic heterocycles. The van der Waals surface area contributed by atoms with Crippen LogP contribution in [0.1, 0.15) is 19.3 Å². The Morgan fingerprint density at radius 1 is 1.08 bits per heavy atom. The lowest BCUT2D eigenvalue weighted by molar-refractivity contribution is 0.222. The fourth-order valence-electron chi connectivity index (χ4n) is 3.43. The SMILES string of the molecule is C1CC2C(C1)C2CN1CCNCC1. The van der Waals surface area contributed by atoms with Gasteiger partial charge >= 0.3 is 0 Å². The van der Waals surface area contributed by atoms with E-state index in [0.717, 1.165) is 17.8 Å². The quantitative estimate of drug-likeness (QED) is 0.680. The van der Waals surface area contributed by atoms with Crippen molar-refractivity contribution in [3.8, 4) is 0 Å². The maximum Gasteiger partial charge on any atom is 0.0107 e. The summed E-state index contributed by atoms with van der Waals surface area (Å²) in [5.74, 6) is 3.40. The van der Waals surface area contributed by atoms with E-state index in [0.29, 0.717) is 0 Å². The molecule has 0 radical (unpaired) electrons. The van der Waals surface area contributed by atoms with Gasteiger partial charge in [-0.3, -0.25) is 0 Å². The van der Waals surface area contributed by atoms with Gasteiger partial charge < -0.3 is 10.2 Å². The summed E-state index contributed by atoms with van der Waals surface area (Å²) >= 11 is 0. The van der Waals surface area contributed by atoms with Crippen molar-refractivity contribution in [1.82, 2.24) is 10.2 Å². The second-order valence-electron chi connectivity index (χ2n) is 4.97. The van der Waals surface area contributed by atoms with Gasteiger partial charge in [0.1, 0.15) is 0 Å². The number of hydrogen-bond acceptors (Lipinski definition) is 2. The smallest absolute Gasteiger partial charge is 0.0107 e. The van der Waals surface area contributed by atoms with Crippen LogP contribution in [0.25, 0.3) is 0 Å². The molecule has 1 heterocycles. The fraction of sp³-hybridized carbons (Fsp3) is 1.00. The van der Waals surface area contributed by atoms with Crippen molar-refractivity contribution in [2.45, 2.75) is 19.3 Å². The van der Waals surface area contributed by atoms with Crippen LogP contribution in [0.15, 0.2) is 0 Å². The highest BCUT2D eigenvalue weighted by atomic mass is 15.2. The molecule has 2 unspecified atom stereocenters. The topological polar surface area (TPSA) is 15.3 Å². The molecule has 3 rings (SSSR count).